The zero-order valence-corrected chi connectivity index (χ0v) is 11.6. The summed E-state index contributed by atoms with van der Waals surface area (Å²) in [6, 6.07) is 4.01. The molecule has 0 aliphatic carbocycles. The molecule has 0 atom stereocenters. The standard InChI is InChI=1S/C12H16ClN3O3/c1-15(2)7-3-6-14-12(17)9-4-5-10(13)11(8-9)16(18)19/h4-5,8H,3,6-7H2,1-2H3,(H,14,17). The SMILES string of the molecule is CN(C)CCCNC(=O)c1ccc(Cl)c([N+](=O)[O-])c1. The molecule has 0 saturated carbocycles. The molecule has 0 saturated heterocycles. The van der Waals surface area contributed by atoms with E-state index >= 15 is 0 Å². The number of benzene rings is 1. The van der Waals surface area contributed by atoms with Gasteiger partial charge >= 0.3 is 0 Å². The zero-order chi connectivity index (χ0) is 14.4. The van der Waals surface area contributed by atoms with Crippen LogP contribution in [0.15, 0.2) is 18.2 Å². The van der Waals surface area contributed by atoms with Crippen molar-refractivity contribution in [2.45, 2.75) is 6.42 Å². The molecule has 0 fully saturated rings. The van der Waals surface area contributed by atoms with Crippen molar-refractivity contribution >= 4 is 23.2 Å². The topological polar surface area (TPSA) is 75.5 Å². The normalized spacial score (nSPS) is 10.5. The molecule has 1 aromatic rings. The van der Waals surface area contributed by atoms with Crippen LogP contribution in [-0.4, -0.2) is 42.9 Å². The third kappa shape index (κ3) is 4.84. The Bertz CT molecular complexity index is 477. The lowest BCUT2D eigenvalue weighted by atomic mass is 10.2. The number of hydrogen-bond donors (Lipinski definition) is 1. The number of nitro groups is 1. The first kappa shape index (κ1) is 15.4. The van der Waals surface area contributed by atoms with E-state index in [9.17, 15) is 14.9 Å². The van der Waals surface area contributed by atoms with Crippen LogP contribution in [0.2, 0.25) is 5.02 Å². The summed E-state index contributed by atoms with van der Waals surface area (Å²) < 4.78 is 0. The fraction of sp³-hybridized carbons (Fsp3) is 0.417. The van der Waals surface area contributed by atoms with E-state index in [1.807, 2.05) is 19.0 Å². The summed E-state index contributed by atoms with van der Waals surface area (Å²) in [6.07, 6.45) is 0.814. The van der Waals surface area contributed by atoms with Crippen LogP contribution in [0.4, 0.5) is 5.69 Å². The molecule has 0 unspecified atom stereocenters. The summed E-state index contributed by atoms with van der Waals surface area (Å²) in [5.41, 5.74) is -0.0245. The summed E-state index contributed by atoms with van der Waals surface area (Å²) >= 11 is 5.68. The first-order chi connectivity index (χ1) is 8.91. The third-order valence-corrected chi connectivity index (χ3v) is 2.79. The molecule has 0 aromatic heterocycles. The van der Waals surface area contributed by atoms with Crippen LogP contribution in [0.25, 0.3) is 0 Å². The van der Waals surface area contributed by atoms with Gasteiger partial charge in [0.2, 0.25) is 0 Å². The van der Waals surface area contributed by atoms with Gasteiger partial charge in [0.1, 0.15) is 5.02 Å². The Balaban J connectivity index is 2.62. The lowest BCUT2D eigenvalue weighted by molar-refractivity contribution is -0.384. The van der Waals surface area contributed by atoms with Gasteiger partial charge < -0.3 is 10.2 Å². The van der Waals surface area contributed by atoms with Gasteiger partial charge in [0, 0.05) is 18.2 Å². The maximum absolute atomic E-state index is 11.8. The highest BCUT2D eigenvalue weighted by molar-refractivity contribution is 6.32. The van der Waals surface area contributed by atoms with E-state index in [0.29, 0.717) is 6.54 Å². The number of carbonyl (C=O) groups is 1. The summed E-state index contributed by atoms with van der Waals surface area (Å²) in [4.78, 5) is 23.9. The molecule has 0 aliphatic rings. The lowest BCUT2D eigenvalue weighted by Gasteiger charge is -2.09. The number of nitrogens with zero attached hydrogens (tertiary/aromatic N) is 2. The molecule has 6 nitrogen and oxygen atoms in total. The van der Waals surface area contributed by atoms with Crippen molar-refractivity contribution in [2.24, 2.45) is 0 Å². The number of hydrogen-bond acceptors (Lipinski definition) is 4. The summed E-state index contributed by atoms with van der Waals surface area (Å²) in [6.45, 7) is 1.38. The van der Waals surface area contributed by atoms with E-state index in [1.165, 1.54) is 18.2 Å². The molecule has 7 heteroatoms. The van der Waals surface area contributed by atoms with Crippen LogP contribution in [0.3, 0.4) is 0 Å². The van der Waals surface area contributed by atoms with E-state index in [2.05, 4.69) is 5.32 Å². The molecule has 0 radical (unpaired) electrons. The molecular weight excluding hydrogens is 270 g/mol. The Kier molecular flexibility index (Phi) is 5.72. The predicted octanol–water partition coefficient (Wildman–Crippen LogP) is 1.93. The highest BCUT2D eigenvalue weighted by Crippen LogP contribution is 2.24. The van der Waals surface area contributed by atoms with Crippen LogP contribution >= 0.6 is 11.6 Å². The van der Waals surface area contributed by atoms with Gasteiger partial charge in [-0.25, -0.2) is 0 Å². The average Bonchev–Trinajstić information content (AvgIpc) is 2.34. The summed E-state index contributed by atoms with van der Waals surface area (Å²) in [7, 11) is 3.90. The van der Waals surface area contributed by atoms with E-state index in [1.54, 1.807) is 0 Å². The molecule has 104 valence electrons. The number of halogens is 1. The highest BCUT2D eigenvalue weighted by Gasteiger charge is 2.15. The van der Waals surface area contributed by atoms with Gasteiger partial charge in [0.05, 0.1) is 4.92 Å². The second-order valence-corrected chi connectivity index (χ2v) is 4.74. The fourth-order valence-electron chi connectivity index (χ4n) is 1.49. The highest BCUT2D eigenvalue weighted by atomic mass is 35.5. The zero-order valence-electron chi connectivity index (χ0n) is 10.9. The van der Waals surface area contributed by atoms with Crippen LogP contribution in [0, 0.1) is 10.1 Å². The first-order valence-electron chi connectivity index (χ1n) is 5.78. The smallest absolute Gasteiger partial charge is 0.288 e. The van der Waals surface area contributed by atoms with E-state index in [4.69, 9.17) is 11.6 Å². The van der Waals surface area contributed by atoms with Gasteiger partial charge in [-0.15, -0.1) is 0 Å². The monoisotopic (exact) mass is 285 g/mol. The maximum Gasteiger partial charge on any atom is 0.288 e. The van der Waals surface area contributed by atoms with Crippen LogP contribution < -0.4 is 5.32 Å². The Morgan fingerprint density at radius 1 is 1.47 bits per heavy atom. The molecular formula is C12H16ClN3O3. The fourth-order valence-corrected chi connectivity index (χ4v) is 1.68. The van der Waals surface area contributed by atoms with Gasteiger partial charge in [-0.2, -0.15) is 0 Å². The molecule has 0 bridgehead atoms. The molecule has 1 N–H and O–H groups in total. The second kappa shape index (κ2) is 7.06. The van der Waals surface area contributed by atoms with Crippen molar-refractivity contribution in [3.63, 3.8) is 0 Å². The molecule has 0 heterocycles. The second-order valence-electron chi connectivity index (χ2n) is 4.34. The van der Waals surface area contributed by atoms with Gasteiger partial charge in [-0.1, -0.05) is 11.6 Å². The number of nitro benzene ring substituents is 1. The minimum absolute atomic E-state index is 0.0224. The minimum Gasteiger partial charge on any atom is -0.352 e. The number of amides is 1. The van der Waals surface area contributed by atoms with Crippen molar-refractivity contribution < 1.29 is 9.72 Å². The quantitative estimate of drug-likeness (QED) is 0.492. The average molecular weight is 286 g/mol. The van der Waals surface area contributed by atoms with Crippen LogP contribution in [-0.2, 0) is 0 Å². The number of rotatable bonds is 6. The van der Waals surface area contributed by atoms with Crippen LogP contribution in [0.5, 0.6) is 0 Å². The molecule has 0 aliphatic heterocycles. The molecule has 1 rings (SSSR count). The minimum atomic E-state index is -0.606. The summed E-state index contributed by atoms with van der Waals surface area (Å²) in [5.74, 6) is -0.335. The predicted molar refractivity (Wildman–Crippen MR) is 73.6 cm³/mol. The van der Waals surface area contributed by atoms with E-state index < -0.39 is 4.92 Å². The van der Waals surface area contributed by atoms with Crippen molar-refractivity contribution in [3.05, 3.63) is 38.9 Å². The Morgan fingerprint density at radius 2 is 2.16 bits per heavy atom. The van der Waals surface area contributed by atoms with Crippen molar-refractivity contribution in [1.29, 1.82) is 0 Å². The molecule has 1 aromatic carbocycles. The molecule has 1 amide bonds. The van der Waals surface area contributed by atoms with Crippen LogP contribution in [0.1, 0.15) is 16.8 Å². The Labute approximate surface area is 116 Å². The third-order valence-electron chi connectivity index (χ3n) is 2.47. The van der Waals surface area contributed by atoms with Gasteiger partial charge in [-0.05, 0) is 39.2 Å². The van der Waals surface area contributed by atoms with Crippen molar-refractivity contribution in [3.8, 4) is 0 Å². The number of carbonyl (C=O) groups excluding carboxylic acids is 1. The Hall–Kier alpha value is -1.66. The lowest BCUT2D eigenvalue weighted by Crippen LogP contribution is -2.27. The molecule has 19 heavy (non-hydrogen) atoms. The van der Waals surface area contributed by atoms with Crippen molar-refractivity contribution in [1.82, 2.24) is 10.2 Å². The van der Waals surface area contributed by atoms with E-state index in [0.717, 1.165) is 13.0 Å². The Morgan fingerprint density at radius 3 is 2.74 bits per heavy atom. The van der Waals surface area contributed by atoms with E-state index in [-0.39, 0.29) is 22.2 Å². The van der Waals surface area contributed by atoms with Crippen molar-refractivity contribution in [2.75, 3.05) is 27.2 Å². The first-order valence-corrected chi connectivity index (χ1v) is 6.16. The molecule has 0 spiro atoms. The summed E-state index contributed by atoms with van der Waals surface area (Å²) in [5, 5.41) is 13.4. The maximum atomic E-state index is 11.8. The largest absolute Gasteiger partial charge is 0.352 e. The van der Waals surface area contributed by atoms with Gasteiger partial charge in [0.25, 0.3) is 11.6 Å². The van der Waals surface area contributed by atoms with Gasteiger partial charge in [-0.3, -0.25) is 14.9 Å². The van der Waals surface area contributed by atoms with Gasteiger partial charge in [0.15, 0.2) is 0 Å². The number of nitrogens with one attached hydrogen (secondary N) is 1.